The molecule has 1 aromatic carbocycles. The average Bonchev–Trinajstić information content (AvgIpc) is 2.82. The van der Waals surface area contributed by atoms with E-state index >= 15 is 0 Å². The van der Waals surface area contributed by atoms with E-state index in [1.54, 1.807) is 6.92 Å². The van der Waals surface area contributed by atoms with Gasteiger partial charge >= 0.3 is 0 Å². The van der Waals surface area contributed by atoms with Crippen LogP contribution in [0.4, 0.5) is 5.95 Å². The highest BCUT2D eigenvalue weighted by Gasteiger charge is 2.44. The summed E-state index contributed by atoms with van der Waals surface area (Å²) in [6.45, 7) is 6.53. The molecule has 7 nitrogen and oxygen atoms in total. The van der Waals surface area contributed by atoms with Crippen molar-refractivity contribution in [1.29, 1.82) is 0 Å². The van der Waals surface area contributed by atoms with Gasteiger partial charge in [-0.05, 0) is 51.5 Å². The molecule has 0 bridgehead atoms. The Bertz CT molecular complexity index is 1150. The van der Waals surface area contributed by atoms with Crippen LogP contribution >= 0.6 is 0 Å². The fourth-order valence-corrected chi connectivity index (χ4v) is 6.28. The van der Waals surface area contributed by atoms with Crippen LogP contribution in [-0.4, -0.2) is 27.7 Å². The zero-order valence-corrected chi connectivity index (χ0v) is 20.6. The largest absolute Gasteiger partial charge is 0.375 e. The third-order valence-electron chi connectivity index (χ3n) is 7.93. The topological polar surface area (TPSA) is 85.3 Å². The Labute approximate surface area is 201 Å². The van der Waals surface area contributed by atoms with Gasteiger partial charge in [0.15, 0.2) is 0 Å². The number of carbonyl (C=O) groups is 1. The van der Waals surface area contributed by atoms with Gasteiger partial charge in [0.2, 0.25) is 11.9 Å². The number of rotatable bonds is 4. The first kappa shape index (κ1) is 23.1. The van der Waals surface area contributed by atoms with E-state index in [-0.39, 0.29) is 28.5 Å². The van der Waals surface area contributed by atoms with Gasteiger partial charge in [0, 0.05) is 30.0 Å². The van der Waals surface area contributed by atoms with E-state index in [9.17, 15) is 9.59 Å². The van der Waals surface area contributed by atoms with Crippen molar-refractivity contribution in [2.24, 2.45) is 0 Å². The number of carbonyl (C=O) groups excluding carboxylic acids is 1. The molecule has 1 aromatic heterocycles. The third kappa shape index (κ3) is 4.04. The lowest BCUT2D eigenvalue weighted by molar-refractivity contribution is -0.120. The van der Waals surface area contributed by atoms with Crippen LogP contribution in [0.15, 0.2) is 29.1 Å². The van der Waals surface area contributed by atoms with Crippen molar-refractivity contribution in [1.82, 2.24) is 15.0 Å². The lowest BCUT2D eigenvalue weighted by Crippen LogP contribution is -2.46. The molecule has 1 saturated carbocycles. The summed E-state index contributed by atoms with van der Waals surface area (Å²) in [5, 5.41) is 0. The van der Waals surface area contributed by atoms with Gasteiger partial charge in [0.25, 0.3) is 5.56 Å². The van der Waals surface area contributed by atoms with Crippen molar-refractivity contribution in [3.63, 3.8) is 0 Å². The number of nitrogens with one attached hydrogen (secondary N) is 2. The summed E-state index contributed by atoms with van der Waals surface area (Å²) in [7, 11) is 0. The zero-order valence-electron chi connectivity index (χ0n) is 20.6. The molecular formula is C27H36N4O3. The Hall–Kier alpha value is -2.67. The van der Waals surface area contributed by atoms with E-state index in [2.05, 4.69) is 42.9 Å². The predicted octanol–water partition coefficient (Wildman–Crippen LogP) is 4.65. The molecule has 3 aliphatic rings. The monoisotopic (exact) mass is 464 g/mol. The van der Waals surface area contributed by atoms with Crippen molar-refractivity contribution in [3.05, 3.63) is 45.7 Å². The zero-order chi connectivity index (χ0) is 23.9. The maximum atomic E-state index is 14.5. The minimum Gasteiger partial charge on any atom is -0.375 e. The van der Waals surface area contributed by atoms with Gasteiger partial charge < -0.3 is 4.74 Å². The lowest BCUT2D eigenvalue weighted by Gasteiger charge is -2.43. The molecule has 1 atom stereocenters. The molecule has 1 unspecified atom stereocenters. The van der Waals surface area contributed by atoms with Gasteiger partial charge in [-0.3, -0.25) is 25.0 Å². The molecule has 2 aliphatic carbocycles. The van der Waals surface area contributed by atoms with Crippen LogP contribution in [-0.2, 0) is 21.4 Å². The van der Waals surface area contributed by atoms with Crippen molar-refractivity contribution in [2.45, 2.75) is 95.6 Å². The van der Waals surface area contributed by atoms with Gasteiger partial charge in [-0.1, -0.05) is 50.5 Å². The molecule has 2 aromatic rings. The number of amides is 1. The van der Waals surface area contributed by atoms with Crippen LogP contribution in [0.2, 0.25) is 0 Å². The number of anilines is 1. The molecule has 1 aliphatic heterocycles. The molecular weight excluding hydrogens is 428 g/mol. The Kier molecular flexibility index (Phi) is 6.00. The minimum atomic E-state index is -0.322. The summed E-state index contributed by atoms with van der Waals surface area (Å²) in [6, 6.07) is 8.29. The summed E-state index contributed by atoms with van der Waals surface area (Å²) in [4.78, 5) is 31.6. The van der Waals surface area contributed by atoms with E-state index in [1.807, 2.05) is 10.6 Å². The number of benzene rings is 1. The molecule has 1 saturated heterocycles. The Balaban J connectivity index is 1.72. The van der Waals surface area contributed by atoms with Crippen LogP contribution in [0.5, 0.6) is 0 Å². The van der Waals surface area contributed by atoms with E-state index < -0.39 is 0 Å². The number of aromatic nitrogens is 2. The second-order valence-corrected chi connectivity index (χ2v) is 10.8. The van der Waals surface area contributed by atoms with Gasteiger partial charge in [-0.2, -0.15) is 0 Å². The first-order chi connectivity index (χ1) is 16.3. The highest BCUT2D eigenvalue weighted by atomic mass is 16.5. The number of hydrogen-bond donors (Lipinski definition) is 2. The summed E-state index contributed by atoms with van der Waals surface area (Å²) in [5.74, 6) is 0.269. The first-order valence-corrected chi connectivity index (χ1v) is 12.8. The maximum absolute atomic E-state index is 14.5. The van der Waals surface area contributed by atoms with Crippen LogP contribution in [0.25, 0.3) is 11.3 Å². The molecule has 1 amide bonds. The average molecular weight is 465 g/mol. The minimum absolute atomic E-state index is 0.0392. The van der Waals surface area contributed by atoms with Crippen molar-refractivity contribution < 1.29 is 9.53 Å². The van der Waals surface area contributed by atoms with Crippen molar-refractivity contribution >= 4 is 11.9 Å². The van der Waals surface area contributed by atoms with Crippen molar-refractivity contribution in [2.75, 3.05) is 12.0 Å². The van der Waals surface area contributed by atoms with E-state index in [0.717, 1.165) is 55.3 Å². The van der Waals surface area contributed by atoms with Gasteiger partial charge in [0.1, 0.15) is 0 Å². The van der Waals surface area contributed by atoms with Crippen LogP contribution < -0.4 is 16.4 Å². The summed E-state index contributed by atoms with van der Waals surface area (Å²) in [6.07, 6.45) is 8.22. The lowest BCUT2D eigenvalue weighted by atomic mass is 9.62. The number of fused-ring (bicyclic) bond motifs is 4. The predicted molar refractivity (Wildman–Crippen MR) is 133 cm³/mol. The van der Waals surface area contributed by atoms with E-state index in [0.29, 0.717) is 25.4 Å². The molecule has 1 spiro atoms. The second-order valence-electron chi connectivity index (χ2n) is 10.8. The Morgan fingerprint density at radius 1 is 1.21 bits per heavy atom. The molecule has 34 heavy (non-hydrogen) atoms. The normalized spacial score (nSPS) is 22.5. The highest BCUT2D eigenvalue weighted by molar-refractivity contribution is 5.77. The van der Waals surface area contributed by atoms with Gasteiger partial charge in [-0.15, -0.1) is 0 Å². The Morgan fingerprint density at radius 3 is 2.71 bits per heavy atom. The van der Waals surface area contributed by atoms with E-state index in [4.69, 9.17) is 9.72 Å². The maximum Gasteiger partial charge on any atom is 0.259 e. The van der Waals surface area contributed by atoms with Crippen LogP contribution in [0.3, 0.4) is 0 Å². The fraction of sp³-hybridized carbons (Fsp3) is 0.593. The van der Waals surface area contributed by atoms with E-state index in [1.165, 1.54) is 12.0 Å². The second kappa shape index (κ2) is 8.84. The molecule has 7 heteroatoms. The smallest absolute Gasteiger partial charge is 0.259 e. The molecule has 182 valence electrons. The Morgan fingerprint density at radius 2 is 1.97 bits per heavy atom. The molecule has 2 fully saturated rings. The third-order valence-corrected chi connectivity index (χ3v) is 7.93. The van der Waals surface area contributed by atoms with Gasteiger partial charge in [-0.25, -0.2) is 4.98 Å². The number of hydrazine groups is 1. The van der Waals surface area contributed by atoms with Crippen LogP contribution in [0.1, 0.15) is 89.3 Å². The molecule has 2 heterocycles. The number of nitrogens with zero attached hydrogens (tertiary/aromatic N) is 2. The summed E-state index contributed by atoms with van der Waals surface area (Å²) >= 11 is 0. The van der Waals surface area contributed by atoms with Crippen molar-refractivity contribution in [3.8, 4) is 11.3 Å². The summed E-state index contributed by atoms with van der Waals surface area (Å²) in [5.41, 5.74) is 9.26. The number of hydrogen-bond acceptors (Lipinski definition) is 5. The standard InChI is InChI=1S/C27H36N4O3/c1-4-21(32)29-30-25-28-23-20-11-7-6-10-18(20)16-27(13-8-5-9-14-27)22(23)24(33)31(25)19-12-15-34-26(2,3)17-19/h6-7,10-11,19H,4-5,8-9,12-17H2,1-3H3,(H,28,30)(H,29,32). The number of ether oxygens (including phenoxy) is 1. The summed E-state index contributed by atoms with van der Waals surface area (Å²) < 4.78 is 7.78. The molecule has 5 rings (SSSR count). The molecule has 2 N–H and O–H groups in total. The molecule has 0 radical (unpaired) electrons. The highest BCUT2D eigenvalue weighted by Crippen LogP contribution is 2.49. The van der Waals surface area contributed by atoms with Crippen LogP contribution in [0, 0.1) is 0 Å². The quantitative estimate of drug-likeness (QED) is 0.644. The first-order valence-electron chi connectivity index (χ1n) is 12.8. The SMILES string of the molecule is CCC(=O)NNc1nc2c(c(=O)n1C1CCOC(C)(C)C1)C1(CCCCC1)Cc1ccccc1-2. The van der Waals surface area contributed by atoms with Gasteiger partial charge in [0.05, 0.1) is 16.9 Å². The fourth-order valence-electron chi connectivity index (χ4n) is 6.28.